The summed E-state index contributed by atoms with van der Waals surface area (Å²) in [5.41, 5.74) is 2.87. The molecule has 6 nitrogen and oxygen atoms in total. The Hall–Kier alpha value is -4.32. The number of hydrogen-bond donors (Lipinski definition) is 0. The molecule has 0 N–H and O–H groups in total. The minimum Gasteiger partial charge on any atom is -0.488 e. The summed E-state index contributed by atoms with van der Waals surface area (Å²) in [6, 6.07) is 24.8. The summed E-state index contributed by atoms with van der Waals surface area (Å²) in [5.74, 6) is 5.85. The van der Waals surface area contributed by atoms with Crippen LogP contribution in [0.1, 0.15) is 117 Å². The maximum Gasteiger partial charge on any atom is 0.134 e. The second-order valence-corrected chi connectivity index (χ2v) is 16.8. The van der Waals surface area contributed by atoms with E-state index >= 15 is 0 Å². The Morgan fingerprint density at radius 2 is 0.562 bits per heavy atom. The zero-order valence-electron chi connectivity index (χ0n) is 30.5. The third-order valence-electron chi connectivity index (χ3n) is 7.75. The molecule has 6 rings (SSSR count). The maximum absolute atomic E-state index is 6.70. The van der Waals surface area contributed by atoms with Crippen molar-refractivity contribution in [1.82, 2.24) is 0 Å². The van der Waals surface area contributed by atoms with E-state index in [1.165, 1.54) is 0 Å². The van der Waals surface area contributed by atoms with Gasteiger partial charge >= 0.3 is 0 Å². The van der Waals surface area contributed by atoms with Gasteiger partial charge in [0.2, 0.25) is 0 Å². The summed E-state index contributed by atoms with van der Waals surface area (Å²) in [6.07, 6.45) is 0. The van der Waals surface area contributed by atoms with E-state index in [2.05, 4.69) is 24.3 Å². The van der Waals surface area contributed by atoms with Gasteiger partial charge in [0.15, 0.2) is 0 Å². The van der Waals surface area contributed by atoms with Gasteiger partial charge in [0.25, 0.3) is 0 Å². The van der Waals surface area contributed by atoms with E-state index in [0.29, 0.717) is 0 Å². The Morgan fingerprint density at radius 3 is 0.750 bits per heavy atom. The number of hydrogen-bond acceptors (Lipinski definition) is 6. The van der Waals surface area contributed by atoms with Gasteiger partial charge in [0.05, 0.1) is 0 Å². The van der Waals surface area contributed by atoms with Crippen molar-refractivity contribution < 1.29 is 28.4 Å². The van der Waals surface area contributed by atoms with Crippen molar-refractivity contribution in [3.63, 3.8) is 0 Å². The van der Waals surface area contributed by atoms with Gasteiger partial charge in [-0.3, -0.25) is 0 Å². The summed E-state index contributed by atoms with van der Waals surface area (Å²) in [7, 11) is 0. The normalized spacial score (nSPS) is 14.8. The molecular formula is C42H50O6. The predicted molar refractivity (Wildman–Crippen MR) is 191 cm³/mol. The molecule has 0 aromatic heterocycles. The lowest BCUT2D eigenvalue weighted by Gasteiger charge is -2.38. The molecule has 0 atom stereocenters. The molecule has 0 aliphatic carbocycles. The molecule has 2 heterocycles. The smallest absolute Gasteiger partial charge is 0.134 e. The van der Waals surface area contributed by atoms with Crippen LogP contribution in [0.5, 0.6) is 46.0 Å². The summed E-state index contributed by atoms with van der Waals surface area (Å²) < 4.78 is 38.6. The molecular weight excluding hydrogens is 600 g/mol. The molecule has 0 saturated carbocycles. The van der Waals surface area contributed by atoms with E-state index in [4.69, 9.17) is 28.4 Å². The van der Waals surface area contributed by atoms with Crippen molar-refractivity contribution in [1.29, 1.82) is 0 Å². The zero-order chi connectivity index (χ0) is 34.8. The van der Waals surface area contributed by atoms with Crippen molar-refractivity contribution in [2.24, 2.45) is 0 Å². The molecule has 2 aliphatic heterocycles. The average Bonchev–Trinajstić information content (AvgIpc) is 2.91. The maximum atomic E-state index is 6.70. The lowest BCUT2D eigenvalue weighted by atomic mass is 9.71. The average molecular weight is 651 g/mol. The van der Waals surface area contributed by atoms with Crippen molar-refractivity contribution in [3.05, 3.63) is 95.1 Å². The van der Waals surface area contributed by atoms with Crippen molar-refractivity contribution in [2.75, 3.05) is 0 Å². The Morgan fingerprint density at radius 1 is 0.354 bits per heavy atom. The number of fused-ring (bicyclic) bond motifs is 4. The van der Waals surface area contributed by atoms with Crippen molar-refractivity contribution in [2.45, 2.75) is 117 Å². The largest absolute Gasteiger partial charge is 0.488 e. The highest BCUT2D eigenvalue weighted by Crippen LogP contribution is 2.59. The Kier molecular flexibility index (Phi) is 8.17. The van der Waals surface area contributed by atoms with Crippen LogP contribution in [-0.4, -0.2) is 22.4 Å². The van der Waals surface area contributed by atoms with E-state index in [-0.39, 0.29) is 34.2 Å². The molecule has 4 aromatic carbocycles. The number of ether oxygens (including phenoxy) is 6. The Labute approximate surface area is 286 Å². The monoisotopic (exact) mass is 650 g/mol. The lowest BCUT2D eigenvalue weighted by Crippen LogP contribution is -2.25. The van der Waals surface area contributed by atoms with Gasteiger partial charge in [0, 0.05) is 58.4 Å². The predicted octanol–water partition coefficient (Wildman–Crippen LogP) is 11.6. The molecule has 6 heteroatoms. The number of rotatable bonds is 5. The third kappa shape index (κ3) is 7.53. The Balaban J connectivity index is 1.56. The van der Waals surface area contributed by atoms with Gasteiger partial charge in [-0.15, -0.1) is 0 Å². The molecule has 0 amide bonds. The van der Waals surface area contributed by atoms with Crippen LogP contribution in [0, 0.1) is 0 Å². The molecule has 0 saturated heterocycles. The molecule has 48 heavy (non-hydrogen) atoms. The summed E-state index contributed by atoms with van der Waals surface area (Å²) in [4.78, 5) is 0. The van der Waals surface area contributed by atoms with Crippen molar-refractivity contribution in [3.8, 4) is 46.0 Å². The molecule has 0 radical (unpaired) electrons. The van der Waals surface area contributed by atoms with E-state index in [1.807, 2.05) is 132 Å². The van der Waals surface area contributed by atoms with E-state index in [1.54, 1.807) is 0 Å². The van der Waals surface area contributed by atoms with Crippen LogP contribution in [0.25, 0.3) is 0 Å². The second kappa shape index (κ2) is 11.7. The summed E-state index contributed by atoms with van der Waals surface area (Å²) >= 11 is 0. The van der Waals surface area contributed by atoms with Gasteiger partial charge < -0.3 is 28.4 Å². The molecule has 2 aliphatic rings. The second-order valence-electron chi connectivity index (χ2n) is 16.8. The minimum absolute atomic E-state index is 0.110. The first kappa shape index (κ1) is 33.6. The standard InChI is InChI=1S/C42H50O6/c1-39(2,3)45-25-13-17-29-33(21-25)43-34-22-26(46-40(4,5)6)14-18-30(34)37(29)38-31-19-15-27(47-41(7,8)9)23-35(31)44-36-24-28(16-20-32(36)38)48-42(10,11)12/h13-24,37-38H,1-12H3. The molecule has 0 fully saturated rings. The molecule has 0 bridgehead atoms. The van der Waals surface area contributed by atoms with E-state index < -0.39 is 0 Å². The Bertz CT molecular complexity index is 1560. The van der Waals surface area contributed by atoms with Crippen LogP contribution in [0.15, 0.2) is 72.8 Å². The fourth-order valence-corrected chi connectivity index (χ4v) is 6.40. The van der Waals surface area contributed by atoms with Crippen LogP contribution in [-0.2, 0) is 0 Å². The summed E-state index contributed by atoms with van der Waals surface area (Å²) in [5, 5.41) is 0. The van der Waals surface area contributed by atoms with Crippen molar-refractivity contribution >= 4 is 0 Å². The van der Waals surface area contributed by atoms with Gasteiger partial charge in [-0.05, 0) is 107 Å². The molecule has 4 aromatic rings. The van der Waals surface area contributed by atoms with E-state index in [0.717, 1.165) is 68.2 Å². The first-order valence-corrected chi connectivity index (χ1v) is 16.9. The van der Waals surface area contributed by atoms with Gasteiger partial charge in [-0.25, -0.2) is 0 Å². The van der Waals surface area contributed by atoms with E-state index in [9.17, 15) is 0 Å². The highest BCUT2D eigenvalue weighted by Gasteiger charge is 2.41. The van der Waals surface area contributed by atoms with Crippen LogP contribution in [0.3, 0.4) is 0 Å². The first-order valence-electron chi connectivity index (χ1n) is 16.9. The van der Waals surface area contributed by atoms with Gasteiger partial charge in [-0.1, -0.05) is 24.3 Å². The first-order chi connectivity index (χ1) is 22.2. The number of benzene rings is 4. The minimum atomic E-state index is -0.355. The fraction of sp³-hybridized carbons (Fsp3) is 0.429. The topological polar surface area (TPSA) is 55.4 Å². The fourth-order valence-electron chi connectivity index (χ4n) is 6.40. The molecule has 254 valence electrons. The quantitative estimate of drug-likeness (QED) is 0.214. The van der Waals surface area contributed by atoms with Crippen LogP contribution in [0.2, 0.25) is 0 Å². The zero-order valence-corrected chi connectivity index (χ0v) is 30.5. The highest BCUT2D eigenvalue weighted by atomic mass is 16.5. The van der Waals surface area contributed by atoms with Gasteiger partial charge in [0.1, 0.15) is 68.4 Å². The lowest BCUT2D eigenvalue weighted by molar-refractivity contribution is 0.129. The van der Waals surface area contributed by atoms with Gasteiger partial charge in [-0.2, -0.15) is 0 Å². The molecule has 0 unspecified atom stereocenters. The van der Waals surface area contributed by atoms with Crippen LogP contribution in [0.4, 0.5) is 0 Å². The van der Waals surface area contributed by atoms with Crippen LogP contribution >= 0.6 is 0 Å². The highest BCUT2D eigenvalue weighted by molar-refractivity contribution is 5.65. The van der Waals surface area contributed by atoms with Crippen LogP contribution < -0.4 is 28.4 Å². The third-order valence-corrected chi connectivity index (χ3v) is 7.75. The summed E-state index contributed by atoms with van der Waals surface area (Å²) in [6.45, 7) is 24.6. The molecule has 0 spiro atoms. The SMILES string of the molecule is CC(C)(C)Oc1ccc2c(c1)Oc1cc(OC(C)(C)C)ccc1C2C1c2ccc(OC(C)(C)C)cc2Oc2cc(OC(C)(C)C)ccc21.